The van der Waals surface area contributed by atoms with E-state index >= 15 is 0 Å². The lowest BCUT2D eigenvalue weighted by Gasteiger charge is -2.40. The molecule has 0 aliphatic carbocycles. The maximum Gasteiger partial charge on any atom is 0.274 e. The number of aromatic nitrogens is 2. The summed E-state index contributed by atoms with van der Waals surface area (Å²) < 4.78 is 17.6. The molecule has 2 aromatic heterocycles. The molecule has 7 nitrogen and oxygen atoms in total. The molecule has 32 heavy (non-hydrogen) atoms. The second kappa shape index (κ2) is 10.9. The Morgan fingerprint density at radius 2 is 1.94 bits per heavy atom. The minimum atomic E-state index is -1.35. The quantitative estimate of drug-likeness (QED) is 0.745. The molecule has 1 atom stereocenters. The van der Waals surface area contributed by atoms with Crippen molar-refractivity contribution in [1.82, 2.24) is 19.8 Å². The molecule has 0 spiro atoms. The third kappa shape index (κ3) is 5.64. The van der Waals surface area contributed by atoms with Gasteiger partial charge in [0.1, 0.15) is 11.5 Å². The number of pyridine rings is 2. The van der Waals surface area contributed by atoms with E-state index in [1.165, 1.54) is 0 Å². The van der Waals surface area contributed by atoms with Gasteiger partial charge in [0.2, 0.25) is 0 Å². The van der Waals surface area contributed by atoms with Gasteiger partial charge < -0.3 is 15.1 Å². The molecule has 2 aliphatic heterocycles. The fraction of sp³-hybridized carbons (Fsp3) is 0.560. The van der Waals surface area contributed by atoms with Gasteiger partial charge in [-0.1, -0.05) is 13.0 Å². The summed E-state index contributed by atoms with van der Waals surface area (Å²) in [5.74, 6) is 0.444. The average molecular weight is 439 g/mol. The fourth-order valence-electron chi connectivity index (χ4n) is 4.54. The summed E-state index contributed by atoms with van der Waals surface area (Å²) in [4.78, 5) is 28.0. The lowest BCUT2D eigenvalue weighted by molar-refractivity contribution is 0.0906. The summed E-state index contributed by atoms with van der Waals surface area (Å²) >= 11 is 0. The van der Waals surface area contributed by atoms with Crippen molar-refractivity contribution in [3.63, 3.8) is 0 Å². The Bertz CT molecular complexity index is 951. The van der Waals surface area contributed by atoms with Gasteiger partial charge >= 0.3 is 0 Å². The standard InChI is InChI=1S/C25H36N6O/c1-3-20(2)29-16-10-22(11-17-29)30-14-5-15-31(19-18-30)24-7-4-6-23(28-24)25(32)27-21-8-12-26-13-9-21/h4,6-9,12-13,20,22H,3,5,10-11,14-19H2,1-2H3,(H,26,27,32)/t20-/m0/s1/i14D2. The molecule has 1 amide bonds. The highest BCUT2D eigenvalue weighted by Gasteiger charge is 2.28. The van der Waals surface area contributed by atoms with Crippen LogP contribution in [-0.2, 0) is 0 Å². The van der Waals surface area contributed by atoms with Crippen LogP contribution in [0.4, 0.5) is 11.5 Å². The fourth-order valence-corrected chi connectivity index (χ4v) is 4.54. The largest absolute Gasteiger partial charge is 0.355 e. The van der Waals surface area contributed by atoms with Crippen LogP contribution in [0.2, 0.25) is 0 Å². The Labute approximate surface area is 194 Å². The summed E-state index contributed by atoms with van der Waals surface area (Å²) in [6.45, 7) is 7.13. The average Bonchev–Trinajstić information content (AvgIpc) is 3.02. The van der Waals surface area contributed by atoms with E-state index in [-0.39, 0.29) is 11.9 Å². The zero-order valence-electron chi connectivity index (χ0n) is 21.2. The highest BCUT2D eigenvalue weighted by molar-refractivity contribution is 6.03. The first-order chi connectivity index (χ1) is 16.4. The number of carbonyl (C=O) groups excluding carboxylic acids is 1. The predicted octanol–water partition coefficient (Wildman–Crippen LogP) is 3.50. The number of rotatable bonds is 6. The van der Waals surface area contributed by atoms with Crippen LogP contribution in [0.25, 0.3) is 0 Å². The third-order valence-electron chi connectivity index (χ3n) is 6.69. The Kier molecular flexibility index (Phi) is 6.84. The van der Waals surface area contributed by atoms with E-state index in [0.29, 0.717) is 49.3 Å². The van der Waals surface area contributed by atoms with Crippen molar-refractivity contribution in [3.8, 4) is 0 Å². The molecular formula is C25H36N6O. The first-order valence-corrected chi connectivity index (χ1v) is 11.8. The zero-order valence-corrected chi connectivity index (χ0v) is 19.2. The number of anilines is 2. The molecule has 0 radical (unpaired) electrons. The maximum atomic E-state index is 12.7. The number of likely N-dealkylation sites (tertiary alicyclic amines) is 1. The molecule has 2 aromatic rings. The second-order valence-corrected chi connectivity index (χ2v) is 8.68. The number of hydrogen-bond donors (Lipinski definition) is 1. The molecule has 0 aromatic carbocycles. The number of piperidine rings is 1. The van der Waals surface area contributed by atoms with Crippen molar-refractivity contribution in [2.75, 3.05) is 49.4 Å². The van der Waals surface area contributed by atoms with E-state index in [9.17, 15) is 4.79 Å². The van der Waals surface area contributed by atoms with Gasteiger partial charge in [-0.15, -0.1) is 0 Å². The molecule has 1 N–H and O–H groups in total. The second-order valence-electron chi connectivity index (χ2n) is 8.68. The van der Waals surface area contributed by atoms with E-state index in [1.807, 2.05) is 12.1 Å². The van der Waals surface area contributed by atoms with E-state index in [1.54, 1.807) is 30.6 Å². The van der Waals surface area contributed by atoms with Crippen LogP contribution in [0.3, 0.4) is 0 Å². The van der Waals surface area contributed by atoms with Gasteiger partial charge in [-0.25, -0.2) is 4.98 Å². The third-order valence-corrected chi connectivity index (χ3v) is 6.69. The molecule has 172 valence electrons. The Hall–Kier alpha value is -2.51. The van der Waals surface area contributed by atoms with Crippen molar-refractivity contribution in [1.29, 1.82) is 0 Å². The number of carbonyl (C=O) groups is 1. The molecule has 2 aliphatic rings. The summed E-state index contributed by atoms with van der Waals surface area (Å²) in [5.41, 5.74) is 1.01. The van der Waals surface area contributed by atoms with Crippen LogP contribution < -0.4 is 10.2 Å². The lowest BCUT2D eigenvalue weighted by Crippen LogP contribution is -2.48. The monoisotopic (exact) mass is 438 g/mol. The Balaban J connectivity index is 1.41. The molecule has 7 heteroatoms. The SMILES string of the molecule is [2H]C1([2H])CCN(c2cccc(C(=O)Nc3ccncc3)n2)CCN1C1CCN([C@@H](C)CC)CC1. The van der Waals surface area contributed by atoms with Crippen molar-refractivity contribution in [2.24, 2.45) is 0 Å². The smallest absolute Gasteiger partial charge is 0.274 e. The lowest BCUT2D eigenvalue weighted by atomic mass is 10.0. The topological polar surface area (TPSA) is 64.6 Å². The Morgan fingerprint density at radius 3 is 2.69 bits per heavy atom. The predicted molar refractivity (Wildman–Crippen MR) is 129 cm³/mol. The van der Waals surface area contributed by atoms with Crippen LogP contribution in [0.5, 0.6) is 0 Å². The summed E-state index contributed by atoms with van der Waals surface area (Å²) in [5, 5.41) is 2.85. The van der Waals surface area contributed by atoms with Crippen molar-refractivity contribution in [3.05, 3.63) is 48.4 Å². The summed E-state index contributed by atoms with van der Waals surface area (Å²) in [7, 11) is 0. The minimum Gasteiger partial charge on any atom is -0.355 e. The van der Waals surface area contributed by atoms with E-state index < -0.39 is 6.50 Å². The van der Waals surface area contributed by atoms with Gasteiger partial charge in [0.25, 0.3) is 5.91 Å². The molecule has 0 saturated carbocycles. The van der Waals surface area contributed by atoms with Crippen LogP contribution in [0, 0.1) is 0 Å². The molecule has 0 bridgehead atoms. The first kappa shape index (κ1) is 20.1. The molecule has 2 fully saturated rings. The molecule has 0 unspecified atom stereocenters. The van der Waals surface area contributed by atoms with E-state index in [4.69, 9.17) is 2.74 Å². The minimum absolute atomic E-state index is 0.265. The van der Waals surface area contributed by atoms with Crippen molar-refractivity contribution in [2.45, 2.75) is 51.6 Å². The molecule has 4 heterocycles. The molecule has 4 rings (SSSR count). The first-order valence-electron chi connectivity index (χ1n) is 12.8. The number of nitrogens with one attached hydrogen (secondary N) is 1. The van der Waals surface area contributed by atoms with E-state index in [0.717, 1.165) is 32.4 Å². The summed E-state index contributed by atoms with van der Waals surface area (Å²) in [6.07, 6.45) is 6.83. The van der Waals surface area contributed by atoms with Gasteiger partial charge in [-0.05, 0) is 70.0 Å². The van der Waals surface area contributed by atoms with Gasteiger partial charge in [-0.3, -0.25) is 14.7 Å². The van der Waals surface area contributed by atoms with Crippen molar-refractivity contribution < 1.29 is 7.54 Å². The zero-order chi connectivity index (χ0) is 24.1. The van der Waals surface area contributed by atoms with Gasteiger partial charge in [0.15, 0.2) is 0 Å². The van der Waals surface area contributed by atoms with E-state index in [2.05, 4.69) is 43.8 Å². The Morgan fingerprint density at radius 1 is 1.16 bits per heavy atom. The normalized spacial score (nSPS) is 22.5. The number of nitrogens with zero attached hydrogens (tertiary/aromatic N) is 5. The molecule has 2 saturated heterocycles. The van der Waals surface area contributed by atoms with Crippen LogP contribution in [0.15, 0.2) is 42.7 Å². The number of amides is 1. The van der Waals surface area contributed by atoms with Gasteiger partial charge in [0, 0.05) is 59.0 Å². The van der Waals surface area contributed by atoms with Gasteiger partial charge in [-0.2, -0.15) is 0 Å². The highest BCUT2D eigenvalue weighted by atomic mass is 16.1. The summed E-state index contributed by atoms with van der Waals surface area (Å²) in [6, 6.07) is 9.77. The van der Waals surface area contributed by atoms with Crippen LogP contribution in [0.1, 0.15) is 52.8 Å². The van der Waals surface area contributed by atoms with Crippen molar-refractivity contribution >= 4 is 17.4 Å². The van der Waals surface area contributed by atoms with Crippen LogP contribution in [-0.4, -0.2) is 77.0 Å². The molecular weight excluding hydrogens is 400 g/mol. The van der Waals surface area contributed by atoms with Crippen LogP contribution >= 0.6 is 0 Å². The maximum absolute atomic E-state index is 12.7. The number of hydrogen-bond acceptors (Lipinski definition) is 6. The van der Waals surface area contributed by atoms with Gasteiger partial charge in [0.05, 0.1) is 0 Å². The highest BCUT2D eigenvalue weighted by Crippen LogP contribution is 2.22.